The molecular formula is C20H24F3N5O5S2. The number of nitrogens with zero attached hydrogens (tertiary/aromatic N) is 3. The van der Waals surface area contributed by atoms with Gasteiger partial charge in [0.25, 0.3) is 5.91 Å². The smallest absolute Gasteiger partial charge is 0.417 e. The van der Waals surface area contributed by atoms with Crippen LogP contribution in [0.5, 0.6) is 0 Å². The van der Waals surface area contributed by atoms with Gasteiger partial charge >= 0.3 is 12.3 Å². The van der Waals surface area contributed by atoms with E-state index in [1.165, 1.54) is 16.7 Å². The number of carbonyl (C=O) groups is 2. The van der Waals surface area contributed by atoms with Crippen molar-refractivity contribution in [2.75, 3.05) is 44.4 Å². The first-order chi connectivity index (χ1) is 16.4. The van der Waals surface area contributed by atoms with E-state index in [1.807, 2.05) is 0 Å². The van der Waals surface area contributed by atoms with Crippen LogP contribution in [0.2, 0.25) is 0 Å². The molecule has 2 N–H and O–H groups in total. The molecule has 2 aliphatic heterocycles. The molecule has 0 aromatic carbocycles. The fourth-order valence-corrected chi connectivity index (χ4v) is 5.94. The molecule has 2 aromatic heterocycles. The Morgan fingerprint density at radius 3 is 2.46 bits per heavy atom. The van der Waals surface area contributed by atoms with Gasteiger partial charge in [0.2, 0.25) is 10.0 Å². The maximum Gasteiger partial charge on any atom is 0.417 e. The molecule has 0 saturated carbocycles. The summed E-state index contributed by atoms with van der Waals surface area (Å²) in [4.78, 5) is 30.3. The number of rotatable bonds is 5. The summed E-state index contributed by atoms with van der Waals surface area (Å²) in [5, 5.41) is 6.40. The summed E-state index contributed by atoms with van der Waals surface area (Å²) in [6.45, 7) is 0.975. The molecule has 192 valence electrons. The molecule has 2 saturated heterocycles. The van der Waals surface area contributed by atoms with Gasteiger partial charge in [0.15, 0.2) is 0 Å². The third kappa shape index (κ3) is 5.46. The van der Waals surface area contributed by atoms with Crippen molar-refractivity contribution in [2.45, 2.75) is 31.2 Å². The fraction of sp³-hybridized carbons (Fsp3) is 0.550. The molecule has 0 bridgehead atoms. The number of hydrogen-bond acceptors (Lipinski definition) is 8. The molecular weight excluding hydrogens is 511 g/mol. The van der Waals surface area contributed by atoms with Gasteiger partial charge in [-0.05, 0) is 6.07 Å². The zero-order chi connectivity index (χ0) is 25.5. The number of halogens is 3. The minimum atomic E-state index is -4.62. The third-order valence-corrected chi connectivity index (χ3v) is 8.20. The Balaban J connectivity index is 1.41. The van der Waals surface area contributed by atoms with E-state index in [9.17, 15) is 31.2 Å². The zero-order valence-electron chi connectivity index (χ0n) is 18.9. The largest absolute Gasteiger partial charge is 0.446 e. The van der Waals surface area contributed by atoms with Crippen LogP contribution in [0.4, 0.5) is 23.8 Å². The molecule has 10 nitrogen and oxygen atoms in total. The molecule has 15 heteroatoms. The Kier molecular flexibility index (Phi) is 6.85. The Morgan fingerprint density at radius 1 is 1.23 bits per heavy atom. The topological polar surface area (TPSA) is 121 Å². The number of piperidine rings is 1. The summed E-state index contributed by atoms with van der Waals surface area (Å²) in [5.74, 6) is -0.412. The number of sulfonamides is 1. The number of carbonyl (C=O) groups excluding carboxylic acids is 2. The van der Waals surface area contributed by atoms with Crippen molar-refractivity contribution >= 4 is 49.4 Å². The Morgan fingerprint density at radius 2 is 1.89 bits per heavy atom. The van der Waals surface area contributed by atoms with Gasteiger partial charge in [0, 0.05) is 51.4 Å². The first-order valence-electron chi connectivity index (χ1n) is 10.8. The molecule has 0 aliphatic carbocycles. The lowest BCUT2D eigenvalue weighted by Gasteiger charge is -2.38. The maximum absolute atomic E-state index is 13.7. The number of hydrogen-bond donors (Lipinski definition) is 2. The van der Waals surface area contributed by atoms with Gasteiger partial charge in [-0.15, -0.1) is 11.3 Å². The molecule has 0 radical (unpaired) electrons. The minimum Gasteiger partial charge on any atom is -0.446 e. The van der Waals surface area contributed by atoms with Crippen LogP contribution < -0.4 is 15.5 Å². The number of aromatic nitrogens is 1. The number of ether oxygens (including phenoxy) is 1. The Bertz CT molecular complexity index is 1240. The summed E-state index contributed by atoms with van der Waals surface area (Å²) in [6.07, 6.45) is -3.87. The number of alkyl carbamates (subject to hydrolysis) is 1. The van der Waals surface area contributed by atoms with Crippen molar-refractivity contribution in [3.05, 3.63) is 22.6 Å². The summed E-state index contributed by atoms with van der Waals surface area (Å²) in [6, 6.07) is 0.666. The summed E-state index contributed by atoms with van der Waals surface area (Å²) < 4.78 is 70.6. The number of thiophene rings is 1. The van der Waals surface area contributed by atoms with Crippen LogP contribution in [0, 0.1) is 0 Å². The minimum absolute atomic E-state index is 0.000520. The number of pyridine rings is 1. The van der Waals surface area contributed by atoms with Gasteiger partial charge in [-0.1, -0.05) is 0 Å². The molecule has 0 unspecified atom stereocenters. The maximum atomic E-state index is 13.7. The lowest BCUT2D eigenvalue weighted by Crippen LogP contribution is -2.60. The van der Waals surface area contributed by atoms with Crippen LogP contribution in [-0.2, 0) is 20.9 Å². The average molecular weight is 536 g/mol. The summed E-state index contributed by atoms with van der Waals surface area (Å²) >= 11 is 0.824. The molecule has 2 aliphatic rings. The number of alkyl halides is 3. The lowest BCUT2D eigenvalue weighted by molar-refractivity contribution is -0.136. The van der Waals surface area contributed by atoms with Crippen LogP contribution in [-0.4, -0.2) is 81.3 Å². The fourth-order valence-electron chi connectivity index (χ4n) is 4.02. The normalized spacial score (nSPS) is 18.4. The number of fused-ring (bicyclic) bond motifs is 1. The highest BCUT2D eigenvalue weighted by Crippen LogP contribution is 2.40. The summed E-state index contributed by atoms with van der Waals surface area (Å²) in [5.41, 5.74) is -0.764. The lowest BCUT2D eigenvalue weighted by atomic mass is 10.1. The van der Waals surface area contributed by atoms with Gasteiger partial charge in [-0.25, -0.2) is 18.2 Å². The molecule has 0 atom stereocenters. The highest BCUT2D eigenvalue weighted by Gasteiger charge is 2.37. The first kappa shape index (κ1) is 25.4. The predicted molar refractivity (Wildman–Crippen MR) is 123 cm³/mol. The van der Waals surface area contributed by atoms with Crippen molar-refractivity contribution < 1.29 is 35.9 Å². The Hall–Kier alpha value is -2.65. The predicted octanol–water partition coefficient (Wildman–Crippen LogP) is 2.01. The second kappa shape index (κ2) is 9.43. The van der Waals surface area contributed by atoms with E-state index in [2.05, 4.69) is 15.6 Å². The van der Waals surface area contributed by atoms with Gasteiger partial charge in [-0.3, -0.25) is 4.79 Å². The second-order valence-electron chi connectivity index (χ2n) is 8.44. The van der Waals surface area contributed by atoms with E-state index in [0.717, 1.165) is 23.7 Å². The van der Waals surface area contributed by atoms with Crippen molar-refractivity contribution in [1.29, 1.82) is 0 Å². The molecule has 4 heterocycles. The molecule has 35 heavy (non-hydrogen) atoms. The second-order valence-corrected chi connectivity index (χ2v) is 11.3. The number of nitrogens with one attached hydrogen (secondary N) is 2. The van der Waals surface area contributed by atoms with Gasteiger partial charge in [0.05, 0.1) is 33.6 Å². The van der Waals surface area contributed by atoms with E-state index < -0.39 is 39.9 Å². The highest BCUT2D eigenvalue weighted by atomic mass is 32.2. The van der Waals surface area contributed by atoms with Gasteiger partial charge < -0.3 is 20.3 Å². The standard InChI is InChI=1S/C20H24F3N5O5S2/c1-24-18(29)13-10-34-17-14(20(21,22)23)7-15(26-16(13)17)27-5-3-12(4-6-27)33-19(30)25-11-8-28(9-11)35(2,31)32/h7,10-12H,3-6,8-9H2,1-2H3,(H,24,29)(H,25,30). The zero-order valence-corrected chi connectivity index (χ0v) is 20.5. The number of amides is 2. The average Bonchev–Trinajstić information content (AvgIpc) is 3.17. The van der Waals surface area contributed by atoms with E-state index in [1.54, 1.807) is 4.90 Å². The van der Waals surface area contributed by atoms with Crippen LogP contribution in [0.3, 0.4) is 0 Å². The van der Waals surface area contributed by atoms with E-state index in [4.69, 9.17) is 4.74 Å². The molecule has 2 fully saturated rings. The molecule has 2 aromatic rings. The summed E-state index contributed by atoms with van der Waals surface area (Å²) in [7, 11) is -1.89. The van der Waals surface area contributed by atoms with E-state index in [-0.39, 0.29) is 40.7 Å². The molecule has 2 amide bonds. The Labute approximate surface area is 203 Å². The SMILES string of the molecule is CNC(=O)c1csc2c(C(F)(F)F)cc(N3CCC(OC(=O)NC4CN(S(C)(=O)=O)C4)CC3)nc12. The molecule has 0 spiro atoms. The van der Waals surface area contributed by atoms with Crippen LogP contribution in [0.15, 0.2) is 11.4 Å². The quantitative estimate of drug-likeness (QED) is 0.601. The first-order valence-corrected chi connectivity index (χ1v) is 13.5. The van der Waals surface area contributed by atoms with Crippen LogP contribution >= 0.6 is 11.3 Å². The van der Waals surface area contributed by atoms with Crippen molar-refractivity contribution in [3.63, 3.8) is 0 Å². The third-order valence-electron chi connectivity index (χ3n) is 5.97. The monoisotopic (exact) mass is 535 g/mol. The van der Waals surface area contributed by atoms with Gasteiger partial charge in [0.1, 0.15) is 11.9 Å². The van der Waals surface area contributed by atoms with Crippen molar-refractivity contribution in [2.24, 2.45) is 0 Å². The molecule has 4 rings (SSSR count). The van der Waals surface area contributed by atoms with Crippen LogP contribution in [0.25, 0.3) is 10.2 Å². The van der Waals surface area contributed by atoms with E-state index in [0.29, 0.717) is 25.9 Å². The van der Waals surface area contributed by atoms with Crippen molar-refractivity contribution in [1.82, 2.24) is 19.9 Å². The number of anilines is 1. The van der Waals surface area contributed by atoms with E-state index >= 15 is 0 Å². The van der Waals surface area contributed by atoms with Gasteiger partial charge in [-0.2, -0.15) is 17.5 Å². The van der Waals surface area contributed by atoms with Crippen LogP contribution in [0.1, 0.15) is 28.8 Å². The highest BCUT2D eigenvalue weighted by molar-refractivity contribution is 7.88. The van der Waals surface area contributed by atoms with Crippen molar-refractivity contribution in [3.8, 4) is 0 Å².